The molecular formula is C24H35BrN4O4S. The molecular weight excluding hydrogens is 520 g/mol. The fourth-order valence-corrected chi connectivity index (χ4v) is 10.2. The number of nitrogens with zero attached hydrogens (tertiary/aromatic N) is 2. The second kappa shape index (κ2) is 8.65. The van der Waals surface area contributed by atoms with Crippen LogP contribution in [0.5, 0.6) is 0 Å². The molecule has 1 aliphatic heterocycles. The summed E-state index contributed by atoms with van der Waals surface area (Å²) < 4.78 is 26.5. The van der Waals surface area contributed by atoms with Crippen LogP contribution in [-0.2, 0) is 9.59 Å². The smallest absolute Gasteiger partial charge is 0.236 e. The van der Waals surface area contributed by atoms with Crippen molar-refractivity contribution in [3.05, 3.63) is 27.7 Å². The molecule has 0 spiro atoms. The molecule has 0 aromatic heterocycles. The summed E-state index contributed by atoms with van der Waals surface area (Å²) in [6, 6.07) is 4.02. The second-order valence-electron chi connectivity index (χ2n) is 10.9. The molecule has 1 saturated heterocycles. The molecule has 1 aromatic carbocycles. The zero-order valence-corrected chi connectivity index (χ0v) is 22.2. The highest BCUT2D eigenvalue weighted by molar-refractivity contribution is 9.10. The Balaban J connectivity index is 1.29. The van der Waals surface area contributed by atoms with Gasteiger partial charge in [0.05, 0.1) is 12.2 Å². The van der Waals surface area contributed by atoms with Crippen molar-refractivity contribution in [2.75, 3.05) is 23.9 Å². The van der Waals surface area contributed by atoms with Gasteiger partial charge in [-0.1, -0.05) is 6.07 Å². The van der Waals surface area contributed by atoms with Crippen LogP contribution in [0.15, 0.2) is 16.6 Å². The number of anilines is 1. The lowest BCUT2D eigenvalue weighted by atomic mass is 9.47. The Morgan fingerprint density at radius 3 is 2.47 bits per heavy atom. The largest absolute Gasteiger partial charge is 0.369 e. The Morgan fingerprint density at radius 2 is 1.85 bits per heavy atom. The van der Waals surface area contributed by atoms with Gasteiger partial charge in [0, 0.05) is 29.0 Å². The van der Waals surface area contributed by atoms with Crippen LogP contribution in [0.1, 0.15) is 49.7 Å². The summed E-state index contributed by atoms with van der Waals surface area (Å²) in [5, 5.41) is 3.22. The van der Waals surface area contributed by atoms with Crippen LogP contribution in [0, 0.1) is 37.0 Å². The number of rotatable bonds is 5. The van der Waals surface area contributed by atoms with Gasteiger partial charge in [0.25, 0.3) is 0 Å². The third-order valence-corrected chi connectivity index (χ3v) is 11.1. The first-order valence-corrected chi connectivity index (χ1v) is 14.4. The third kappa shape index (κ3) is 4.05. The summed E-state index contributed by atoms with van der Waals surface area (Å²) in [5.41, 5.74) is 8.20. The molecule has 2 amide bonds. The molecule has 4 aliphatic carbocycles. The highest BCUT2D eigenvalue weighted by atomic mass is 79.9. The quantitative estimate of drug-likeness (QED) is 0.437. The molecule has 4 saturated carbocycles. The maximum Gasteiger partial charge on any atom is 0.236 e. The summed E-state index contributed by atoms with van der Waals surface area (Å²) in [6.07, 6.45) is 5.20. The van der Waals surface area contributed by atoms with Crippen LogP contribution in [-0.4, -0.2) is 50.9 Å². The summed E-state index contributed by atoms with van der Waals surface area (Å²) in [7, 11) is -3.34. The van der Waals surface area contributed by atoms with Gasteiger partial charge in [-0.3, -0.25) is 23.0 Å². The van der Waals surface area contributed by atoms with E-state index in [1.54, 1.807) is 4.31 Å². The maximum atomic E-state index is 13.1. The van der Waals surface area contributed by atoms with Gasteiger partial charge in [0.15, 0.2) is 0 Å². The number of hydrogen-bond donors (Lipinski definition) is 4. The maximum absolute atomic E-state index is 13.1. The minimum Gasteiger partial charge on any atom is -0.369 e. The molecule has 8 nitrogen and oxygen atoms in total. The van der Waals surface area contributed by atoms with Crippen LogP contribution >= 0.6 is 26.9 Å². The SMILES string of the molecule is Cc1cc(C)c(N2CCCN(CC(=O)NC3C4CC5CC3CC(C(N)=O)(C5)C4)S2(O)O)c(Br)c1. The van der Waals surface area contributed by atoms with E-state index in [4.69, 9.17) is 5.73 Å². The van der Waals surface area contributed by atoms with E-state index in [-0.39, 0.29) is 41.7 Å². The van der Waals surface area contributed by atoms with Crippen molar-refractivity contribution < 1.29 is 18.7 Å². The molecule has 4 bridgehead atoms. The normalized spacial score (nSPS) is 35.3. The van der Waals surface area contributed by atoms with Gasteiger partial charge in [0.2, 0.25) is 11.8 Å². The van der Waals surface area contributed by atoms with Gasteiger partial charge >= 0.3 is 0 Å². The van der Waals surface area contributed by atoms with Crippen molar-refractivity contribution in [2.45, 2.75) is 58.4 Å². The molecule has 1 heterocycles. The van der Waals surface area contributed by atoms with Crippen LogP contribution in [0.3, 0.4) is 0 Å². The Hall–Kier alpha value is -1.33. The Kier molecular flexibility index (Phi) is 6.20. The van der Waals surface area contributed by atoms with Crippen molar-refractivity contribution in [1.82, 2.24) is 9.62 Å². The number of halogens is 1. The molecule has 5 N–H and O–H groups in total. The zero-order chi connectivity index (χ0) is 24.4. The van der Waals surface area contributed by atoms with Gasteiger partial charge < -0.3 is 11.1 Å². The van der Waals surface area contributed by atoms with Gasteiger partial charge in [-0.2, -0.15) is 4.31 Å². The second-order valence-corrected chi connectivity index (χ2v) is 13.7. The standard InChI is InChI=1S/C24H35BrN4O4S/c1-14-6-15(2)22(19(25)7-14)29-5-3-4-28(34(29,32)33)13-20(30)27-21-17-8-16-9-18(21)12-24(10-16,11-17)23(26)31/h6-7,16-18,21,32-33H,3-5,8-13H2,1-2H3,(H2,26,31)(H,27,30). The van der Waals surface area contributed by atoms with Crippen LogP contribution in [0.4, 0.5) is 5.69 Å². The number of primary amides is 1. The predicted octanol–water partition coefficient (Wildman–Crippen LogP) is 3.96. The average Bonchev–Trinajstić information content (AvgIpc) is 2.72. The number of nitrogens with one attached hydrogen (secondary N) is 1. The fraction of sp³-hybridized carbons (Fsp3) is 0.667. The summed E-state index contributed by atoms with van der Waals surface area (Å²) in [5.74, 6) is 0.694. The Labute approximate surface area is 211 Å². The van der Waals surface area contributed by atoms with E-state index < -0.39 is 11.0 Å². The first-order valence-electron chi connectivity index (χ1n) is 12.2. The van der Waals surface area contributed by atoms with Gasteiger partial charge in [-0.15, -0.1) is 0 Å². The lowest BCUT2D eigenvalue weighted by molar-refractivity contribution is -0.147. The van der Waals surface area contributed by atoms with Gasteiger partial charge in [-0.05, 0) is 114 Å². The summed E-state index contributed by atoms with van der Waals surface area (Å²) >= 11 is 3.59. The van der Waals surface area contributed by atoms with Crippen molar-refractivity contribution in [3.8, 4) is 0 Å². The molecule has 2 atom stereocenters. The monoisotopic (exact) mass is 554 g/mol. The molecule has 1 aromatic rings. The van der Waals surface area contributed by atoms with Crippen LogP contribution in [0.2, 0.25) is 0 Å². The average molecular weight is 556 g/mol. The Morgan fingerprint density at radius 1 is 1.18 bits per heavy atom. The molecule has 188 valence electrons. The number of hydrogen-bond acceptors (Lipinski definition) is 6. The number of carbonyl (C=O) groups excluding carboxylic acids is 2. The van der Waals surface area contributed by atoms with Crippen LogP contribution in [0.25, 0.3) is 0 Å². The van der Waals surface area contributed by atoms with Gasteiger partial charge in [-0.25, -0.2) is 0 Å². The number of amides is 2. The highest BCUT2D eigenvalue weighted by Gasteiger charge is 2.58. The lowest BCUT2D eigenvalue weighted by Gasteiger charge is -2.59. The van der Waals surface area contributed by atoms with E-state index in [0.717, 1.165) is 59.8 Å². The number of benzene rings is 1. The summed E-state index contributed by atoms with van der Waals surface area (Å²) in [4.78, 5) is 25.3. The Bertz CT molecular complexity index is 982. The van der Waals surface area contributed by atoms with Crippen molar-refractivity contribution in [2.24, 2.45) is 28.9 Å². The zero-order valence-electron chi connectivity index (χ0n) is 19.8. The first kappa shape index (κ1) is 24.4. The number of nitrogens with two attached hydrogens (primary N) is 1. The van der Waals surface area contributed by atoms with E-state index in [9.17, 15) is 18.7 Å². The van der Waals surface area contributed by atoms with Crippen molar-refractivity contribution >= 4 is 44.4 Å². The molecule has 0 radical (unpaired) electrons. The van der Waals surface area contributed by atoms with E-state index in [1.807, 2.05) is 26.0 Å². The van der Waals surface area contributed by atoms with Crippen molar-refractivity contribution in [3.63, 3.8) is 0 Å². The predicted molar refractivity (Wildman–Crippen MR) is 137 cm³/mol. The minimum atomic E-state index is -3.34. The van der Waals surface area contributed by atoms with Gasteiger partial charge in [0.1, 0.15) is 0 Å². The molecule has 34 heavy (non-hydrogen) atoms. The van der Waals surface area contributed by atoms with Crippen LogP contribution < -0.4 is 15.4 Å². The van der Waals surface area contributed by atoms with E-state index >= 15 is 0 Å². The van der Waals surface area contributed by atoms with Crippen molar-refractivity contribution in [1.29, 1.82) is 0 Å². The van der Waals surface area contributed by atoms with E-state index in [1.165, 1.54) is 4.31 Å². The van der Waals surface area contributed by atoms with E-state index in [2.05, 4.69) is 21.2 Å². The number of carbonyl (C=O) groups is 2. The highest BCUT2D eigenvalue weighted by Crippen LogP contribution is 2.60. The topological polar surface area (TPSA) is 119 Å². The molecule has 10 heteroatoms. The molecule has 5 fully saturated rings. The van der Waals surface area contributed by atoms with E-state index in [0.29, 0.717) is 19.0 Å². The third-order valence-electron chi connectivity index (χ3n) is 8.50. The lowest BCUT2D eigenvalue weighted by Crippen LogP contribution is -2.62. The molecule has 5 aliphatic rings. The number of aryl methyl sites for hydroxylation is 2. The first-order chi connectivity index (χ1) is 16.0. The fourth-order valence-electron chi connectivity index (χ4n) is 7.35. The summed E-state index contributed by atoms with van der Waals surface area (Å²) in [6.45, 7) is 4.84. The molecule has 6 rings (SSSR count). The molecule has 2 unspecified atom stereocenters. The minimum absolute atomic E-state index is 0.0349.